The second-order valence-corrected chi connectivity index (χ2v) is 15.0. The van der Waals surface area contributed by atoms with Gasteiger partial charge in [0.05, 0.1) is 5.41 Å². The van der Waals surface area contributed by atoms with E-state index < -0.39 is 5.41 Å². The van der Waals surface area contributed by atoms with Crippen molar-refractivity contribution in [2.45, 2.75) is 24.7 Å². The van der Waals surface area contributed by atoms with Crippen molar-refractivity contribution >= 4 is 11.4 Å². The van der Waals surface area contributed by atoms with Gasteiger partial charge in [-0.25, -0.2) is 0 Å². The maximum Gasteiger partial charge on any atom is 0.0719 e. The molecule has 0 unspecified atom stereocenters. The molecule has 2 aliphatic carbocycles. The Morgan fingerprint density at radius 1 is 0.321 bits per heavy atom. The molecule has 1 spiro atoms. The van der Waals surface area contributed by atoms with Crippen LogP contribution in [0.1, 0.15) is 47.2 Å². The lowest BCUT2D eigenvalue weighted by molar-refractivity contribution is 0.563. The molecular formula is C52H39N. The highest BCUT2D eigenvalue weighted by atomic mass is 14.9. The first-order valence-corrected chi connectivity index (χ1v) is 18.6. The topological polar surface area (TPSA) is 12.0 Å². The first kappa shape index (κ1) is 31.3. The number of hydrogen-bond acceptors (Lipinski definition) is 1. The van der Waals surface area contributed by atoms with E-state index in [2.05, 4.69) is 213 Å². The number of hydrogen-bond donors (Lipinski definition) is 1. The second kappa shape index (κ2) is 12.1. The molecule has 0 radical (unpaired) electrons. The Labute approximate surface area is 312 Å². The van der Waals surface area contributed by atoms with E-state index in [-0.39, 0.29) is 5.41 Å². The molecule has 0 bridgehead atoms. The lowest BCUT2D eigenvalue weighted by Gasteiger charge is -2.46. The second-order valence-electron chi connectivity index (χ2n) is 15.0. The fraction of sp³-hybridized carbons (Fsp3) is 0.0769. The molecule has 1 heteroatoms. The average molecular weight is 678 g/mol. The molecule has 2 aliphatic rings. The minimum atomic E-state index is -0.396. The molecule has 8 aromatic rings. The Morgan fingerprint density at radius 3 is 1.38 bits per heavy atom. The van der Waals surface area contributed by atoms with Crippen LogP contribution >= 0.6 is 0 Å². The van der Waals surface area contributed by atoms with Crippen molar-refractivity contribution in [2.24, 2.45) is 0 Å². The molecule has 0 saturated carbocycles. The zero-order valence-electron chi connectivity index (χ0n) is 30.0. The van der Waals surface area contributed by atoms with E-state index >= 15 is 0 Å². The highest BCUT2D eigenvalue weighted by Crippen LogP contribution is 2.63. The van der Waals surface area contributed by atoms with E-state index in [1.165, 1.54) is 77.9 Å². The van der Waals surface area contributed by atoms with Gasteiger partial charge in [0.2, 0.25) is 0 Å². The van der Waals surface area contributed by atoms with Crippen molar-refractivity contribution in [1.82, 2.24) is 0 Å². The molecular weight excluding hydrogens is 639 g/mol. The Bertz CT molecular complexity index is 2540. The minimum absolute atomic E-state index is 0.112. The summed E-state index contributed by atoms with van der Waals surface area (Å²) in [5, 5.41) is 3.75. The maximum atomic E-state index is 3.75. The summed E-state index contributed by atoms with van der Waals surface area (Å²) in [5.41, 5.74) is 19.8. The standard InChI is InChI=1S/C52H39N/c1-51(2)45-23-11-13-25-47(45)52(48-26-14-12-24-46(48)51)44-22-10-9-20-43(44)50-42(21-15-27-49(50)52)37-28-30-40(31-29-37)53-41-33-38(35-16-5-3-6-17-35)32-39(34-41)36-18-7-4-8-19-36/h3-34,53H,1-2H3. The fourth-order valence-electron chi connectivity index (χ4n) is 9.34. The summed E-state index contributed by atoms with van der Waals surface area (Å²) in [6, 6.07) is 71.4. The van der Waals surface area contributed by atoms with Gasteiger partial charge < -0.3 is 5.32 Å². The van der Waals surface area contributed by atoms with Crippen LogP contribution in [0.2, 0.25) is 0 Å². The predicted molar refractivity (Wildman–Crippen MR) is 222 cm³/mol. The van der Waals surface area contributed by atoms with Gasteiger partial charge in [-0.3, -0.25) is 0 Å². The number of anilines is 2. The molecule has 0 amide bonds. The smallest absolute Gasteiger partial charge is 0.0719 e. The van der Waals surface area contributed by atoms with Gasteiger partial charge in [0.15, 0.2) is 0 Å². The van der Waals surface area contributed by atoms with E-state index in [9.17, 15) is 0 Å². The summed E-state index contributed by atoms with van der Waals surface area (Å²) >= 11 is 0. The fourth-order valence-corrected chi connectivity index (χ4v) is 9.34. The van der Waals surface area contributed by atoms with Crippen molar-refractivity contribution in [3.05, 3.63) is 228 Å². The van der Waals surface area contributed by atoms with Gasteiger partial charge in [0.25, 0.3) is 0 Å². The maximum absolute atomic E-state index is 3.75. The van der Waals surface area contributed by atoms with Crippen molar-refractivity contribution in [3.8, 4) is 44.5 Å². The molecule has 0 atom stereocenters. The number of nitrogens with one attached hydrogen (secondary N) is 1. The average Bonchev–Trinajstić information content (AvgIpc) is 3.52. The normalized spacial score (nSPS) is 14.2. The van der Waals surface area contributed by atoms with Crippen LogP contribution in [0.3, 0.4) is 0 Å². The van der Waals surface area contributed by atoms with Crippen LogP contribution in [0.25, 0.3) is 44.5 Å². The molecule has 0 heterocycles. The summed E-state index contributed by atoms with van der Waals surface area (Å²) in [5.74, 6) is 0. The molecule has 53 heavy (non-hydrogen) atoms. The summed E-state index contributed by atoms with van der Waals surface area (Å²) in [6.07, 6.45) is 0. The summed E-state index contributed by atoms with van der Waals surface area (Å²) in [4.78, 5) is 0. The Balaban J connectivity index is 1.09. The van der Waals surface area contributed by atoms with Gasteiger partial charge in [-0.05, 0) is 108 Å². The predicted octanol–water partition coefficient (Wildman–Crippen LogP) is 13.4. The lowest BCUT2D eigenvalue weighted by atomic mass is 9.55. The molecule has 8 aromatic carbocycles. The molecule has 0 aromatic heterocycles. The molecule has 0 fully saturated rings. The highest BCUT2D eigenvalue weighted by Gasteiger charge is 2.53. The van der Waals surface area contributed by atoms with E-state index in [4.69, 9.17) is 0 Å². The van der Waals surface area contributed by atoms with Crippen LogP contribution in [0, 0.1) is 0 Å². The van der Waals surface area contributed by atoms with Crippen LogP contribution in [-0.2, 0) is 10.8 Å². The first-order chi connectivity index (χ1) is 26.0. The SMILES string of the molecule is CC1(C)c2ccccc2C2(c3ccccc3-c3c(-c4ccc(Nc5cc(-c6ccccc6)cc(-c6ccccc6)c5)cc4)cccc32)c2ccccc21. The van der Waals surface area contributed by atoms with E-state index in [1.807, 2.05) is 0 Å². The van der Waals surface area contributed by atoms with Crippen LogP contribution < -0.4 is 5.32 Å². The molecule has 10 rings (SSSR count). The minimum Gasteiger partial charge on any atom is -0.355 e. The van der Waals surface area contributed by atoms with Gasteiger partial charge in [-0.2, -0.15) is 0 Å². The molecule has 252 valence electrons. The third-order valence-electron chi connectivity index (χ3n) is 11.7. The summed E-state index contributed by atoms with van der Waals surface area (Å²) in [6.45, 7) is 4.76. The van der Waals surface area contributed by atoms with Crippen LogP contribution in [0.4, 0.5) is 11.4 Å². The Hall–Kier alpha value is -6.44. The zero-order chi connectivity index (χ0) is 35.6. The molecule has 1 N–H and O–H groups in total. The third kappa shape index (κ3) is 4.77. The number of benzene rings is 8. The van der Waals surface area contributed by atoms with Crippen LogP contribution in [0.5, 0.6) is 0 Å². The molecule has 0 aliphatic heterocycles. The monoisotopic (exact) mass is 677 g/mol. The third-order valence-corrected chi connectivity index (χ3v) is 11.7. The van der Waals surface area contributed by atoms with Crippen LogP contribution in [0.15, 0.2) is 194 Å². The van der Waals surface area contributed by atoms with E-state index in [0.29, 0.717) is 0 Å². The van der Waals surface area contributed by atoms with Crippen molar-refractivity contribution in [2.75, 3.05) is 5.32 Å². The summed E-state index contributed by atoms with van der Waals surface area (Å²) in [7, 11) is 0. The number of rotatable bonds is 5. The first-order valence-electron chi connectivity index (χ1n) is 18.6. The van der Waals surface area contributed by atoms with Gasteiger partial charge in [-0.1, -0.05) is 178 Å². The lowest BCUT2D eigenvalue weighted by Crippen LogP contribution is -2.40. The largest absolute Gasteiger partial charge is 0.355 e. The van der Waals surface area contributed by atoms with Gasteiger partial charge in [-0.15, -0.1) is 0 Å². The van der Waals surface area contributed by atoms with Gasteiger partial charge >= 0.3 is 0 Å². The quantitative estimate of drug-likeness (QED) is 0.191. The van der Waals surface area contributed by atoms with Crippen molar-refractivity contribution < 1.29 is 0 Å². The number of fused-ring (bicyclic) bond motifs is 9. The Morgan fingerprint density at radius 2 is 0.792 bits per heavy atom. The summed E-state index contributed by atoms with van der Waals surface area (Å²) < 4.78 is 0. The molecule has 1 nitrogen and oxygen atoms in total. The Kier molecular flexibility index (Phi) is 7.13. The van der Waals surface area contributed by atoms with E-state index in [1.54, 1.807) is 0 Å². The van der Waals surface area contributed by atoms with Gasteiger partial charge in [0.1, 0.15) is 0 Å². The van der Waals surface area contributed by atoms with Gasteiger partial charge in [0, 0.05) is 16.8 Å². The van der Waals surface area contributed by atoms with Crippen molar-refractivity contribution in [3.63, 3.8) is 0 Å². The van der Waals surface area contributed by atoms with Crippen molar-refractivity contribution in [1.29, 1.82) is 0 Å². The highest BCUT2D eigenvalue weighted by molar-refractivity contribution is 5.96. The van der Waals surface area contributed by atoms with Crippen LogP contribution in [-0.4, -0.2) is 0 Å². The zero-order valence-corrected chi connectivity index (χ0v) is 30.0. The van der Waals surface area contributed by atoms with E-state index in [0.717, 1.165) is 11.4 Å². The molecule has 0 saturated heterocycles.